The summed E-state index contributed by atoms with van der Waals surface area (Å²) in [4.78, 5) is 32.6. The number of para-hydroxylation sites is 1. The Morgan fingerprint density at radius 3 is 2.50 bits per heavy atom. The van der Waals surface area contributed by atoms with Gasteiger partial charge in [0, 0.05) is 24.9 Å². The van der Waals surface area contributed by atoms with Crippen molar-refractivity contribution in [3.8, 4) is 0 Å². The fourth-order valence-corrected chi connectivity index (χ4v) is 4.21. The topological polar surface area (TPSA) is 66.7 Å². The third kappa shape index (κ3) is 5.65. The molecule has 34 heavy (non-hydrogen) atoms. The van der Waals surface area contributed by atoms with Crippen molar-refractivity contribution >= 4 is 40.0 Å². The lowest BCUT2D eigenvalue weighted by molar-refractivity contribution is -0.127. The summed E-state index contributed by atoms with van der Waals surface area (Å²) in [5, 5.41) is 2.03. The first-order valence-electron chi connectivity index (χ1n) is 10.6. The number of furan rings is 1. The molecule has 2 aromatic carbocycles. The number of nitrogens with zero attached hydrogens (tertiary/aromatic N) is 3. The van der Waals surface area contributed by atoms with E-state index in [9.17, 15) is 14.0 Å². The molecule has 6 nitrogen and oxygen atoms in total. The zero-order chi connectivity index (χ0) is 23.9. The second-order valence-electron chi connectivity index (χ2n) is 7.45. The Hall–Kier alpha value is -4.04. The van der Waals surface area contributed by atoms with Gasteiger partial charge >= 0.3 is 0 Å². The number of carbonyl (C=O) groups is 2. The molecule has 0 aliphatic rings. The Morgan fingerprint density at radius 1 is 1.03 bits per heavy atom. The summed E-state index contributed by atoms with van der Waals surface area (Å²) < 4.78 is 19.7. The van der Waals surface area contributed by atoms with Gasteiger partial charge in [-0.25, -0.2) is 9.37 Å². The number of thiazole rings is 1. The van der Waals surface area contributed by atoms with Crippen LogP contribution in [0.5, 0.6) is 0 Å². The van der Waals surface area contributed by atoms with Gasteiger partial charge in [0.15, 0.2) is 5.13 Å². The van der Waals surface area contributed by atoms with Gasteiger partial charge in [-0.2, -0.15) is 0 Å². The van der Waals surface area contributed by atoms with E-state index in [1.54, 1.807) is 40.8 Å². The maximum absolute atomic E-state index is 14.3. The fraction of sp³-hybridized carbons (Fsp3) is 0.115. The van der Waals surface area contributed by atoms with Crippen molar-refractivity contribution in [2.45, 2.75) is 20.0 Å². The van der Waals surface area contributed by atoms with Crippen LogP contribution >= 0.6 is 11.3 Å². The van der Waals surface area contributed by atoms with Crippen molar-refractivity contribution in [3.63, 3.8) is 0 Å². The molecule has 0 bridgehead atoms. The van der Waals surface area contributed by atoms with Crippen LogP contribution in [-0.4, -0.2) is 21.7 Å². The van der Waals surface area contributed by atoms with Gasteiger partial charge in [0.1, 0.15) is 11.6 Å². The van der Waals surface area contributed by atoms with Gasteiger partial charge in [-0.3, -0.25) is 14.5 Å². The predicted octanol–water partition coefficient (Wildman–Crippen LogP) is 5.80. The molecule has 0 atom stereocenters. The predicted molar refractivity (Wildman–Crippen MR) is 130 cm³/mol. The van der Waals surface area contributed by atoms with Gasteiger partial charge in [-0.05, 0) is 35.9 Å². The monoisotopic (exact) mass is 475 g/mol. The minimum atomic E-state index is -0.519. The van der Waals surface area contributed by atoms with E-state index in [1.807, 2.05) is 36.4 Å². The Kier molecular flexibility index (Phi) is 7.29. The van der Waals surface area contributed by atoms with Crippen LogP contribution < -0.4 is 4.90 Å². The van der Waals surface area contributed by atoms with Crippen LogP contribution in [0.15, 0.2) is 88.9 Å². The molecule has 2 aromatic heterocycles. The standard InChI is InChI=1S/C26H22FN3O3S/c1-19(31)30(24-12-6-5-11-23(24)27)26-28-21(18-34-26)13-14-25(32)29(17-22-10-7-15-33-22)16-20-8-3-2-4-9-20/h2-15,18H,16-17H2,1H3/b14-13+. The van der Waals surface area contributed by atoms with E-state index in [0.29, 0.717) is 29.7 Å². The quantitative estimate of drug-likeness (QED) is 0.302. The van der Waals surface area contributed by atoms with E-state index in [4.69, 9.17) is 4.42 Å². The number of carbonyl (C=O) groups excluding carboxylic acids is 2. The Labute approximate surface area is 200 Å². The summed E-state index contributed by atoms with van der Waals surface area (Å²) in [5.74, 6) is -0.420. The third-order valence-corrected chi connectivity index (χ3v) is 5.80. The van der Waals surface area contributed by atoms with Crippen molar-refractivity contribution in [2.24, 2.45) is 0 Å². The second-order valence-corrected chi connectivity index (χ2v) is 8.29. The maximum Gasteiger partial charge on any atom is 0.247 e. The molecule has 0 aliphatic heterocycles. The molecule has 2 amide bonds. The second kappa shape index (κ2) is 10.7. The number of hydrogen-bond donors (Lipinski definition) is 0. The maximum atomic E-state index is 14.3. The van der Waals surface area contributed by atoms with Gasteiger partial charge in [-0.15, -0.1) is 11.3 Å². The van der Waals surface area contributed by atoms with Crippen molar-refractivity contribution in [2.75, 3.05) is 4.90 Å². The Balaban J connectivity index is 1.53. The van der Waals surface area contributed by atoms with Crippen LogP contribution in [0.2, 0.25) is 0 Å². The minimum Gasteiger partial charge on any atom is -0.467 e. The molecule has 172 valence electrons. The van der Waals surface area contributed by atoms with Crippen molar-refractivity contribution in [1.82, 2.24) is 9.88 Å². The number of halogens is 1. The van der Waals surface area contributed by atoms with Crippen molar-refractivity contribution in [1.29, 1.82) is 0 Å². The van der Waals surface area contributed by atoms with Gasteiger partial charge in [0.05, 0.1) is 24.2 Å². The average molecular weight is 476 g/mol. The Morgan fingerprint density at radius 2 is 1.79 bits per heavy atom. The largest absolute Gasteiger partial charge is 0.467 e. The number of amides is 2. The highest BCUT2D eigenvalue weighted by Crippen LogP contribution is 2.31. The van der Waals surface area contributed by atoms with Crippen LogP contribution in [0, 0.1) is 5.82 Å². The van der Waals surface area contributed by atoms with Gasteiger partial charge in [-0.1, -0.05) is 42.5 Å². The van der Waals surface area contributed by atoms with Crippen LogP contribution in [-0.2, 0) is 22.7 Å². The molecule has 0 saturated carbocycles. The zero-order valence-corrected chi connectivity index (χ0v) is 19.2. The van der Waals surface area contributed by atoms with Crippen molar-refractivity contribution < 1.29 is 18.4 Å². The van der Waals surface area contributed by atoms with E-state index in [-0.39, 0.29) is 17.5 Å². The summed E-state index contributed by atoms with van der Waals surface area (Å²) in [6, 6.07) is 19.3. The normalized spacial score (nSPS) is 11.0. The molecule has 0 unspecified atom stereocenters. The molecule has 0 radical (unpaired) electrons. The molecule has 0 fully saturated rings. The molecule has 0 N–H and O–H groups in total. The molecule has 8 heteroatoms. The lowest BCUT2D eigenvalue weighted by Gasteiger charge is -2.20. The number of hydrogen-bond acceptors (Lipinski definition) is 5. The van der Waals surface area contributed by atoms with Crippen LogP contribution in [0.25, 0.3) is 6.08 Å². The van der Waals surface area contributed by atoms with Crippen LogP contribution in [0.3, 0.4) is 0 Å². The van der Waals surface area contributed by atoms with E-state index >= 15 is 0 Å². The van der Waals surface area contributed by atoms with Gasteiger partial charge < -0.3 is 9.32 Å². The molecule has 0 spiro atoms. The van der Waals surface area contributed by atoms with Gasteiger partial charge in [0.25, 0.3) is 0 Å². The number of aromatic nitrogens is 1. The van der Waals surface area contributed by atoms with E-state index in [0.717, 1.165) is 5.56 Å². The fourth-order valence-electron chi connectivity index (χ4n) is 3.36. The highest BCUT2D eigenvalue weighted by atomic mass is 32.1. The third-order valence-electron chi connectivity index (χ3n) is 4.96. The van der Waals surface area contributed by atoms with Crippen molar-refractivity contribution in [3.05, 3.63) is 107 Å². The summed E-state index contributed by atoms with van der Waals surface area (Å²) in [7, 11) is 0. The van der Waals surface area contributed by atoms with Crippen LogP contribution in [0.1, 0.15) is 23.9 Å². The summed E-state index contributed by atoms with van der Waals surface area (Å²) in [5.41, 5.74) is 1.62. The lowest BCUT2D eigenvalue weighted by atomic mass is 10.2. The summed E-state index contributed by atoms with van der Waals surface area (Å²) in [6.07, 6.45) is 4.59. The zero-order valence-electron chi connectivity index (χ0n) is 18.4. The Bertz CT molecular complexity index is 1290. The minimum absolute atomic E-state index is 0.128. The first-order valence-corrected chi connectivity index (χ1v) is 11.4. The first-order chi connectivity index (χ1) is 16.5. The summed E-state index contributed by atoms with van der Waals surface area (Å²) in [6.45, 7) is 2.08. The molecule has 0 saturated heterocycles. The average Bonchev–Trinajstić information content (AvgIpc) is 3.51. The van der Waals surface area contributed by atoms with E-state index in [1.165, 1.54) is 41.4 Å². The highest BCUT2D eigenvalue weighted by molar-refractivity contribution is 7.14. The molecule has 0 aliphatic carbocycles. The summed E-state index contributed by atoms with van der Waals surface area (Å²) >= 11 is 1.19. The molecule has 2 heterocycles. The molecule has 4 rings (SSSR count). The number of anilines is 2. The van der Waals surface area contributed by atoms with E-state index < -0.39 is 5.82 Å². The van der Waals surface area contributed by atoms with Crippen LogP contribution in [0.4, 0.5) is 15.2 Å². The van der Waals surface area contributed by atoms with Gasteiger partial charge in [0.2, 0.25) is 11.8 Å². The van der Waals surface area contributed by atoms with E-state index in [2.05, 4.69) is 4.98 Å². The number of benzene rings is 2. The molecular weight excluding hydrogens is 453 g/mol. The number of rotatable bonds is 8. The first kappa shape index (κ1) is 23.1. The lowest BCUT2D eigenvalue weighted by Crippen LogP contribution is -2.28. The molecular formula is C26H22FN3O3S. The SMILES string of the molecule is CC(=O)N(c1nc(/C=C/C(=O)N(Cc2ccccc2)Cc2ccco2)cs1)c1ccccc1F. The smallest absolute Gasteiger partial charge is 0.247 e. The molecule has 4 aromatic rings. The highest BCUT2D eigenvalue weighted by Gasteiger charge is 2.21.